The van der Waals surface area contributed by atoms with E-state index in [1.165, 1.54) is 0 Å². The molecule has 1 aromatic rings. The smallest absolute Gasteiger partial charge is 0.324 e. The van der Waals surface area contributed by atoms with Gasteiger partial charge in [-0.15, -0.1) is 0 Å². The molecule has 0 saturated heterocycles. The van der Waals surface area contributed by atoms with Gasteiger partial charge >= 0.3 is 5.97 Å². The lowest BCUT2D eigenvalue weighted by Crippen LogP contribution is -2.55. The fraction of sp³-hybridized carbons (Fsp3) is 0.562. The Bertz CT molecular complexity index is 491. The number of likely N-dealkylation sites (N-methyl/N-ethyl adjacent to an activating group) is 1. The minimum atomic E-state index is -0.885. The molecule has 2 N–H and O–H groups in total. The number of carboxylic acids is 1. The number of rotatable bonds is 6. The lowest BCUT2D eigenvalue weighted by atomic mass is 9.80. The number of hydrogen-bond acceptors (Lipinski definition) is 4. The van der Waals surface area contributed by atoms with Crippen LogP contribution in [0.3, 0.4) is 0 Å². The van der Waals surface area contributed by atoms with Crippen LogP contribution in [0.15, 0.2) is 24.3 Å². The zero-order valence-electron chi connectivity index (χ0n) is 12.6. The van der Waals surface area contributed by atoms with E-state index in [2.05, 4.69) is 5.32 Å². The van der Waals surface area contributed by atoms with Gasteiger partial charge in [0, 0.05) is 6.42 Å². The van der Waals surface area contributed by atoms with Crippen molar-refractivity contribution in [2.24, 2.45) is 0 Å². The lowest BCUT2D eigenvalue weighted by Gasteiger charge is -2.37. The second-order valence-corrected chi connectivity index (χ2v) is 5.35. The fourth-order valence-electron chi connectivity index (χ4n) is 2.85. The summed E-state index contributed by atoms with van der Waals surface area (Å²) in [6.45, 7) is 2.49. The third-order valence-electron chi connectivity index (χ3n) is 4.04. The number of aliphatic carboxylic acids is 1. The van der Waals surface area contributed by atoms with Gasteiger partial charge < -0.3 is 19.9 Å². The molecule has 2 rings (SSSR count). The Kier molecular flexibility index (Phi) is 5.07. The number of benzene rings is 1. The zero-order chi connectivity index (χ0) is 15.3. The predicted molar refractivity (Wildman–Crippen MR) is 79.9 cm³/mol. The molecule has 116 valence electrons. The molecular weight excluding hydrogens is 270 g/mol. The molecule has 5 nitrogen and oxygen atoms in total. The summed E-state index contributed by atoms with van der Waals surface area (Å²) >= 11 is 0. The van der Waals surface area contributed by atoms with Gasteiger partial charge in [-0.3, -0.25) is 4.79 Å². The van der Waals surface area contributed by atoms with Crippen molar-refractivity contribution in [1.82, 2.24) is 5.32 Å². The van der Waals surface area contributed by atoms with Crippen LogP contribution < -0.4 is 14.8 Å². The number of ether oxygens (including phenoxy) is 2. The van der Waals surface area contributed by atoms with Crippen molar-refractivity contribution in [3.05, 3.63) is 24.3 Å². The van der Waals surface area contributed by atoms with Crippen LogP contribution in [0.4, 0.5) is 0 Å². The molecule has 1 aromatic carbocycles. The molecule has 1 fully saturated rings. The number of carbonyl (C=O) groups is 1. The number of para-hydroxylation sites is 2. The average molecular weight is 293 g/mol. The van der Waals surface area contributed by atoms with Crippen molar-refractivity contribution in [3.63, 3.8) is 0 Å². The summed E-state index contributed by atoms with van der Waals surface area (Å²) in [5, 5.41) is 12.4. The van der Waals surface area contributed by atoms with E-state index < -0.39 is 11.5 Å². The maximum atomic E-state index is 11.5. The highest BCUT2D eigenvalue weighted by molar-refractivity contribution is 5.79. The van der Waals surface area contributed by atoms with Crippen LogP contribution in [0.2, 0.25) is 0 Å². The van der Waals surface area contributed by atoms with Crippen LogP contribution in [0.5, 0.6) is 11.5 Å². The third-order valence-corrected chi connectivity index (χ3v) is 4.04. The zero-order valence-corrected chi connectivity index (χ0v) is 12.6. The van der Waals surface area contributed by atoms with E-state index >= 15 is 0 Å². The Morgan fingerprint density at radius 2 is 2.14 bits per heavy atom. The second kappa shape index (κ2) is 6.80. The first kappa shape index (κ1) is 15.6. The maximum absolute atomic E-state index is 11.5. The van der Waals surface area contributed by atoms with Crippen LogP contribution in [-0.2, 0) is 4.79 Å². The Morgan fingerprint density at radius 3 is 2.76 bits per heavy atom. The van der Waals surface area contributed by atoms with Gasteiger partial charge in [-0.05, 0) is 45.4 Å². The second-order valence-electron chi connectivity index (χ2n) is 5.35. The third kappa shape index (κ3) is 3.47. The lowest BCUT2D eigenvalue weighted by molar-refractivity contribution is -0.147. The van der Waals surface area contributed by atoms with E-state index in [0.717, 1.165) is 12.8 Å². The first-order chi connectivity index (χ1) is 10.1. The Labute approximate surface area is 125 Å². The van der Waals surface area contributed by atoms with Gasteiger partial charge in [-0.2, -0.15) is 0 Å². The molecule has 1 saturated carbocycles. The highest BCUT2D eigenvalue weighted by Gasteiger charge is 2.42. The summed E-state index contributed by atoms with van der Waals surface area (Å²) in [5.74, 6) is 0.578. The van der Waals surface area contributed by atoms with E-state index in [9.17, 15) is 9.90 Å². The fourth-order valence-corrected chi connectivity index (χ4v) is 2.85. The summed E-state index contributed by atoms with van der Waals surface area (Å²) in [5.41, 5.74) is -0.885. The minimum Gasteiger partial charge on any atom is -0.490 e. The number of hydrogen-bond donors (Lipinski definition) is 2. The summed E-state index contributed by atoms with van der Waals surface area (Å²) in [6.07, 6.45) is 2.65. The van der Waals surface area contributed by atoms with Crippen molar-refractivity contribution >= 4 is 5.97 Å². The van der Waals surface area contributed by atoms with Crippen molar-refractivity contribution in [3.8, 4) is 11.5 Å². The molecule has 2 unspecified atom stereocenters. The van der Waals surface area contributed by atoms with Gasteiger partial charge in [0.15, 0.2) is 11.5 Å². The molecule has 0 aromatic heterocycles. The molecule has 1 aliphatic carbocycles. The van der Waals surface area contributed by atoms with E-state index in [1.54, 1.807) is 7.05 Å². The van der Waals surface area contributed by atoms with E-state index in [4.69, 9.17) is 9.47 Å². The van der Waals surface area contributed by atoms with Gasteiger partial charge in [-0.25, -0.2) is 0 Å². The van der Waals surface area contributed by atoms with E-state index in [1.807, 2.05) is 31.2 Å². The summed E-state index contributed by atoms with van der Waals surface area (Å²) in [6, 6.07) is 7.52. The molecule has 0 heterocycles. The van der Waals surface area contributed by atoms with Gasteiger partial charge in [0.25, 0.3) is 0 Å². The topological polar surface area (TPSA) is 67.8 Å². The van der Waals surface area contributed by atoms with E-state index in [0.29, 0.717) is 30.9 Å². The van der Waals surface area contributed by atoms with Gasteiger partial charge in [0.2, 0.25) is 0 Å². The molecule has 0 aliphatic heterocycles. The van der Waals surface area contributed by atoms with Crippen LogP contribution >= 0.6 is 0 Å². The standard InChI is InChI=1S/C16H23NO4/c1-3-20-13-8-4-5-9-14(13)21-12-7-6-10-16(11-12,17-2)15(18)19/h4-5,8-9,12,17H,3,6-7,10-11H2,1-2H3,(H,18,19). The van der Waals surface area contributed by atoms with Crippen molar-refractivity contribution < 1.29 is 19.4 Å². The van der Waals surface area contributed by atoms with Crippen LogP contribution in [-0.4, -0.2) is 36.4 Å². The van der Waals surface area contributed by atoms with Crippen LogP contribution in [0.25, 0.3) is 0 Å². The molecular formula is C16H23NO4. The first-order valence-corrected chi connectivity index (χ1v) is 7.42. The molecule has 5 heteroatoms. The van der Waals surface area contributed by atoms with Crippen LogP contribution in [0.1, 0.15) is 32.6 Å². The Balaban J connectivity index is 2.11. The largest absolute Gasteiger partial charge is 0.490 e. The maximum Gasteiger partial charge on any atom is 0.324 e. The van der Waals surface area contributed by atoms with Crippen LogP contribution in [0, 0.1) is 0 Å². The SMILES string of the molecule is CCOc1ccccc1OC1CCCC(NC)(C(=O)O)C1. The summed E-state index contributed by atoms with van der Waals surface area (Å²) in [7, 11) is 1.70. The molecule has 1 aliphatic rings. The Hall–Kier alpha value is -1.75. The average Bonchev–Trinajstić information content (AvgIpc) is 2.49. The first-order valence-electron chi connectivity index (χ1n) is 7.42. The van der Waals surface area contributed by atoms with Gasteiger partial charge in [-0.1, -0.05) is 12.1 Å². The predicted octanol–water partition coefficient (Wildman–Crippen LogP) is 2.45. The highest BCUT2D eigenvalue weighted by Crippen LogP contribution is 2.34. The minimum absolute atomic E-state index is 0.121. The van der Waals surface area contributed by atoms with Gasteiger partial charge in [0.05, 0.1) is 6.61 Å². The number of nitrogens with one attached hydrogen (secondary N) is 1. The monoisotopic (exact) mass is 293 g/mol. The quantitative estimate of drug-likeness (QED) is 0.843. The van der Waals surface area contributed by atoms with Crippen molar-refractivity contribution in [2.45, 2.75) is 44.2 Å². The van der Waals surface area contributed by atoms with Crippen molar-refractivity contribution in [2.75, 3.05) is 13.7 Å². The summed E-state index contributed by atoms with van der Waals surface area (Å²) in [4.78, 5) is 11.5. The molecule has 2 atom stereocenters. The molecule has 0 spiro atoms. The number of carboxylic acid groups (broad SMARTS) is 1. The summed E-state index contributed by atoms with van der Waals surface area (Å²) < 4.78 is 11.6. The molecule has 0 bridgehead atoms. The normalized spacial score (nSPS) is 25.3. The molecule has 0 radical (unpaired) electrons. The van der Waals surface area contributed by atoms with Crippen molar-refractivity contribution in [1.29, 1.82) is 0 Å². The molecule has 21 heavy (non-hydrogen) atoms. The molecule has 0 amide bonds. The van der Waals surface area contributed by atoms with E-state index in [-0.39, 0.29) is 6.10 Å². The Morgan fingerprint density at radius 1 is 1.43 bits per heavy atom. The van der Waals surface area contributed by atoms with Gasteiger partial charge in [0.1, 0.15) is 11.6 Å². The highest BCUT2D eigenvalue weighted by atomic mass is 16.5.